The third-order valence-corrected chi connectivity index (χ3v) is 3.97. The standard InChI is InChI=1S/C15H19N3OS/c1-9(2)8-19-12-6-4-11(5-7-12)15-18-10(3)13(20-15)14(16)17/h4-7,9H,8H2,1-3H3,(H3,16,17). The number of benzene rings is 1. The van der Waals surface area contributed by atoms with E-state index in [4.69, 9.17) is 15.9 Å². The van der Waals surface area contributed by atoms with Gasteiger partial charge in [0.05, 0.1) is 17.2 Å². The van der Waals surface area contributed by atoms with Crippen LogP contribution in [0.5, 0.6) is 5.75 Å². The summed E-state index contributed by atoms with van der Waals surface area (Å²) < 4.78 is 5.65. The number of aromatic nitrogens is 1. The Balaban J connectivity index is 2.17. The normalized spacial score (nSPS) is 10.8. The molecule has 0 radical (unpaired) electrons. The van der Waals surface area contributed by atoms with Crippen LogP contribution >= 0.6 is 11.3 Å². The van der Waals surface area contributed by atoms with Crippen LogP contribution in [0, 0.1) is 18.3 Å². The largest absolute Gasteiger partial charge is 0.493 e. The lowest BCUT2D eigenvalue weighted by Gasteiger charge is -2.08. The van der Waals surface area contributed by atoms with Gasteiger partial charge in [0.1, 0.15) is 16.6 Å². The van der Waals surface area contributed by atoms with Crippen molar-refractivity contribution in [1.82, 2.24) is 4.98 Å². The number of ether oxygens (including phenoxy) is 1. The van der Waals surface area contributed by atoms with Gasteiger partial charge in [0.25, 0.3) is 0 Å². The van der Waals surface area contributed by atoms with Crippen molar-refractivity contribution in [3.05, 3.63) is 34.8 Å². The molecule has 0 aliphatic rings. The van der Waals surface area contributed by atoms with Crippen molar-refractivity contribution in [2.75, 3.05) is 6.61 Å². The van der Waals surface area contributed by atoms with E-state index in [1.54, 1.807) is 0 Å². The minimum Gasteiger partial charge on any atom is -0.493 e. The van der Waals surface area contributed by atoms with Crippen molar-refractivity contribution in [3.63, 3.8) is 0 Å². The first-order valence-electron chi connectivity index (χ1n) is 6.52. The number of nitrogen functional groups attached to an aromatic ring is 1. The molecule has 2 aromatic rings. The zero-order chi connectivity index (χ0) is 14.7. The van der Waals surface area contributed by atoms with Gasteiger partial charge in [0.2, 0.25) is 0 Å². The Morgan fingerprint density at radius 2 is 2.00 bits per heavy atom. The molecular weight excluding hydrogens is 270 g/mol. The molecule has 1 aromatic carbocycles. The first-order valence-corrected chi connectivity index (χ1v) is 7.34. The number of aryl methyl sites for hydroxylation is 1. The summed E-state index contributed by atoms with van der Waals surface area (Å²) in [7, 11) is 0. The van der Waals surface area contributed by atoms with Crippen LogP contribution in [0.3, 0.4) is 0 Å². The van der Waals surface area contributed by atoms with Gasteiger partial charge in [-0.15, -0.1) is 11.3 Å². The van der Waals surface area contributed by atoms with Crippen molar-refractivity contribution >= 4 is 17.2 Å². The van der Waals surface area contributed by atoms with Gasteiger partial charge < -0.3 is 10.5 Å². The zero-order valence-electron chi connectivity index (χ0n) is 11.9. The number of nitrogens with two attached hydrogens (primary N) is 1. The molecule has 2 rings (SSSR count). The smallest absolute Gasteiger partial charge is 0.135 e. The lowest BCUT2D eigenvalue weighted by atomic mass is 10.2. The van der Waals surface area contributed by atoms with Gasteiger partial charge >= 0.3 is 0 Å². The average Bonchev–Trinajstić information content (AvgIpc) is 2.79. The van der Waals surface area contributed by atoms with Crippen molar-refractivity contribution in [2.24, 2.45) is 11.7 Å². The van der Waals surface area contributed by atoms with E-state index in [-0.39, 0.29) is 5.84 Å². The highest BCUT2D eigenvalue weighted by molar-refractivity contribution is 7.17. The van der Waals surface area contributed by atoms with Gasteiger partial charge in [-0.25, -0.2) is 4.98 Å². The minimum absolute atomic E-state index is 0.0723. The molecular formula is C15H19N3OS. The molecule has 0 unspecified atom stereocenters. The van der Waals surface area contributed by atoms with Gasteiger partial charge in [-0.05, 0) is 37.1 Å². The summed E-state index contributed by atoms with van der Waals surface area (Å²) in [6.07, 6.45) is 0. The molecule has 1 aromatic heterocycles. The number of nitrogens with zero attached hydrogens (tertiary/aromatic N) is 1. The highest BCUT2D eigenvalue weighted by atomic mass is 32.1. The van der Waals surface area contributed by atoms with E-state index in [2.05, 4.69) is 18.8 Å². The predicted molar refractivity (Wildman–Crippen MR) is 83.6 cm³/mol. The molecule has 0 saturated carbocycles. The second kappa shape index (κ2) is 6.05. The molecule has 0 aliphatic carbocycles. The lowest BCUT2D eigenvalue weighted by molar-refractivity contribution is 0.271. The van der Waals surface area contributed by atoms with Crippen molar-refractivity contribution in [3.8, 4) is 16.3 Å². The summed E-state index contributed by atoms with van der Waals surface area (Å²) in [5.74, 6) is 1.44. The average molecular weight is 289 g/mol. The summed E-state index contributed by atoms with van der Waals surface area (Å²) in [5, 5.41) is 8.39. The monoisotopic (exact) mass is 289 g/mol. The molecule has 20 heavy (non-hydrogen) atoms. The number of rotatable bonds is 5. The van der Waals surface area contributed by atoms with Crippen molar-refractivity contribution in [1.29, 1.82) is 5.41 Å². The molecule has 5 heteroatoms. The molecule has 0 spiro atoms. The Hall–Kier alpha value is -1.88. The van der Waals surface area contributed by atoms with Crippen LogP contribution in [0.25, 0.3) is 10.6 Å². The van der Waals surface area contributed by atoms with Gasteiger partial charge in [0, 0.05) is 5.56 Å². The summed E-state index contributed by atoms with van der Waals surface area (Å²) in [6.45, 7) is 6.83. The highest BCUT2D eigenvalue weighted by Crippen LogP contribution is 2.29. The molecule has 0 fully saturated rings. The van der Waals surface area contributed by atoms with Gasteiger partial charge in [0.15, 0.2) is 0 Å². The van der Waals surface area contributed by atoms with E-state index in [9.17, 15) is 0 Å². The SMILES string of the molecule is Cc1nc(-c2ccc(OCC(C)C)cc2)sc1C(=N)N. The molecule has 3 N–H and O–H groups in total. The maximum atomic E-state index is 7.51. The number of hydrogen-bond acceptors (Lipinski definition) is 4. The van der Waals surface area contributed by atoms with Crippen molar-refractivity contribution < 1.29 is 4.74 Å². The van der Waals surface area contributed by atoms with E-state index < -0.39 is 0 Å². The second-order valence-electron chi connectivity index (χ2n) is 5.08. The number of amidine groups is 1. The molecule has 0 bridgehead atoms. The second-order valence-corrected chi connectivity index (χ2v) is 6.08. The zero-order valence-corrected chi connectivity index (χ0v) is 12.8. The Morgan fingerprint density at radius 3 is 2.50 bits per heavy atom. The topological polar surface area (TPSA) is 72.0 Å². The lowest BCUT2D eigenvalue weighted by Crippen LogP contribution is -2.10. The quantitative estimate of drug-likeness (QED) is 0.654. The molecule has 106 valence electrons. The van der Waals surface area contributed by atoms with E-state index in [0.29, 0.717) is 12.5 Å². The summed E-state index contributed by atoms with van der Waals surface area (Å²) in [4.78, 5) is 5.20. The molecule has 0 aliphatic heterocycles. The minimum atomic E-state index is 0.0723. The predicted octanol–water partition coefficient (Wildman–Crippen LogP) is 3.44. The third kappa shape index (κ3) is 3.36. The third-order valence-electron chi connectivity index (χ3n) is 2.73. The maximum Gasteiger partial charge on any atom is 0.135 e. The van der Waals surface area contributed by atoms with Crippen molar-refractivity contribution in [2.45, 2.75) is 20.8 Å². The fourth-order valence-electron chi connectivity index (χ4n) is 1.73. The number of nitrogens with one attached hydrogen (secondary N) is 1. The van der Waals surface area contributed by atoms with Crippen LogP contribution in [-0.4, -0.2) is 17.4 Å². The van der Waals surface area contributed by atoms with Crippen LogP contribution in [-0.2, 0) is 0 Å². The van der Waals surface area contributed by atoms with Crippen LogP contribution in [0.4, 0.5) is 0 Å². The van der Waals surface area contributed by atoms with Crippen LogP contribution in [0.15, 0.2) is 24.3 Å². The van der Waals surface area contributed by atoms with Crippen LogP contribution in [0.1, 0.15) is 24.4 Å². The first kappa shape index (κ1) is 14.5. The molecule has 0 atom stereocenters. The molecule has 4 nitrogen and oxygen atoms in total. The summed E-state index contributed by atoms with van der Waals surface area (Å²) in [6, 6.07) is 7.86. The Kier molecular flexibility index (Phi) is 4.39. The van der Waals surface area contributed by atoms with E-state index in [1.165, 1.54) is 11.3 Å². The Morgan fingerprint density at radius 1 is 1.35 bits per heavy atom. The summed E-state index contributed by atoms with van der Waals surface area (Å²) >= 11 is 1.44. The maximum absolute atomic E-state index is 7.51. The highest BCUT2D eigenvalue weighted by Gasteiger charge is 2.11. The van der Waals surface area contributed by atoms with Gasteiger partial charge in [-0.2, -0.15) is 0 Å². The van der Waals surface area contributed by atoms with Crippen LogP contribution < -0.4 is 10.5 Å². The molecule has 0 saturated heterocycles. The molecule has 0 amide bonds. The number of hydrogen-bond donors (Lipinski definition) is 2. The Bertz CT molecular complexity index is 602. The van der Waals surface area contributed by atoms with Gasteiger partial charge in [-0.3, -0.25) is 5.41 Å². The van der Waals surface area contributed by atoms with E-state index in [1.807, 2.05) is 31.2 Å². The Labute approximate surface area is 123 Å². The van der Waals surface area contributed by atoms with E-state index in [0.717, 1.165) is 26.9 Å². The first-order chi connectivity index (χ1) is 9.47. The summed E-state index contributed by atoms with van der Waals surface area (Å²) in [5.41, 5.74) is 7.35. The van der Waals surface area contributed by atoms with Gasteiger partial charge in [-0.1, -0.05) is 13.8 Å². The fraction of sp³-hybridized carbons (Fsp3) is 0.333. The van der Waals surface area contributed by atoms with E-state index >= 15 is 0 Å². The molecule has 1 heterocycles. The number of thiazole rings is 1. The van der Waals surface area contributed by atoms with Crippen LogP contribution in [0.2, 0.25) is 0 Å². The fourth-order valence-corrected chi connectivity index (χ4v) is 2.66.